The van der Waals surface area contributed by atoms with E-state index >= 15 is 0 Å². The molecule has 3 heteroatoms. The predicted molar refractivity (Wildman–Crippen MR) is 94.2 cm³/mol. The maximum absolute atomic E-state index is 3.60. The Labute approximate surface area is 139 Å². The van der Waals surface area contributed by atoms with Crippen LogP contribution in [0.25, 0.3) is 0 Å². The Morgan fingerprint density at radius 2 is 1.90 bits per heavy atom. The van der Waals surface area contributed by atoms with Gasteiger partial charge < -0.3 is 5.32 Å². The highest BCUT2D eigenvalue weighted by Gasteiger charge is 2.14. The van der Waals surface area contributed by atoms with E-state index in [-0.39, 0.29) is 0 Å². The van der Waals surface area contributed by atoms with Gasteiger partial charge in [0.05, 0.1) is 0 Å². The first-order valence-corrected chi connectivity index (χ1v) is 9.04. The number of aryl methyl sites for hydroxylation is 2. The Kier molecular flexibility index (Phi) is 4.72. The van der Waals surface area contributed by atoms with Crippen molar-refractivity contribution >= 4 is 27.7 Å². The van der Waals surface area contributed by atoms with Crippen molar-refractivity contribution in [2.45, 2.75) is 42.0 Å². The van der Waals surface area contributed by atoms with E-state index in [1.165, 1.54) is 40.2 Å². The van der Waals surface area contributed by atoms with E-state index in [9.17, 15) is 0 Å². The fourth-order valence-corrected chi connectivity index (χ4v) is 4.50. The Balaban J connectivity index is 1.92. The number of hydrogen-bond acceptors (Lipinski definition) is 2. The van der Waals surface area contributed by atoms with Crippen molar-refractivity contribution in [3.8, 4) is 0 Å². The van der Waals surface area contributed by atoms with Crippen molar-refractivity contribution in [3.05, 3.63) is 57.6 Å². The van der Waals surface area contributed by atoms with Gasteiger partial charge in [-0.2, -0.15) is 0 Å². The van der Waals surface area contributed by atoms with E-state index in [4.69, 9.17) is 0 Å². The minimum absolute atomic E-state index is 0.357. The lowest BCUT2D eigenvalue weighted by Crippen LogP contribution is -2.13. The van der Waals surface area contributed by atoms with E-state index < -0.39 is 0 Å². The van der Waals surface area contributed by atoms with E-state index in [0.717, 1.165) is 4.47 Å². The molecule has 1 nitrogen and oxygen atoms in total. The van der Waals surface area contributed by atoms with Crippen molar-refractivity contribution in [2.24, 2.45) is 0 Å². The summed E-state index contributed by atoms with van der Waals surface area (Å²) in [6.07, 6.45) is 3.80. The van der Waals surface area contributed by atoms with Crippen molar-refractivity contribution in [1.29, 1.82) is 0 Å². The monoisotopic (exact) mass is 361 g/mol. The molecule has 1 aliphatic carbocycles. The van der Waals surface area contributed by atoms with Crippen LogP contribution in [0.5, 0.6) is 0 Å². The molecule has 110 valence electrons. The number of nitrogens with one attached hydrogen (secondary N) is 1. The molecule has 0 saturated carbocycles. The number of halogens is 1. The van der Waals surface area contributed by atoms with Crippen LogP contribution in [0.3, 0.4) is 0 Å². The topological polar surface area (TPSA) is 12.0 Å². The molecule has 0 amide bonds. The summed E-state index contributed by atoms with van der Waals surface area (Å²) in [6, 6.07) is 13.9. The SMILES string of the molecule is CNC(C)c1ccc(Br)cc1Sc1ccc2c(c1)CCC2. The second kappa shape index (κ2) is 6.55. The average Bonchev–Trinajstić information content (AvgIpc) is 2.94. The zero-order valence-electron chi connectivity index (χ0n) is 12.4. The molecule has 1 atom stereocenters. The van der Waals surface area contributed by atoms with E-state index in [0.29, 0.717) is 6.04 Å². The van der Waals surface area contributed by atoms with Crippen LogP contribution in [0, 0.1) is 0 Å². The van der Waals surface area contributed by atoms with E-state index in [1.54, 1.807) is 5.56 Å². The van der Waals surface area contributed by atoms with Crippen LogP contribution in [-0.2, 0) is 12.8 Å². The summed E-state index contributed by atoms with van der Waals surface area (Å²) in [7, 11) is 2.01. The quantitative estimate of drug-likeness (QED) is 0.785. The van der Waals surface area contributed by atoms with Crippen molar-refractivity contribution in [3.63, 3.8) is 0 Å². The van der Waals surface area contributed by atoms with Crippen LogP contribution in [0.4, 0.5) is 0 Å². The molecule has 0 spiro atoms. The summed E-state index contributed by atoms with van der Waals surface area (Å²) in [5.41, 5.74) is 4.43. The molecule has 0 saturated heterocycles. The van der Waals surface area contributed by atoms with Gasteiger partial charge in [-0.1, -0.05) is 39.8 Å². The van der Waals surface area contributed by atoms with Gasteiger partial charge >= 0.3 is 0 Å². The Bertz CT molecular complexity index is 654. The summed E-state index contributed by atoms with van der Waals surface area (Å²) in [6.45, 7) is 2.20. The van der Waals surface area contributed by atoms with Gasteiger partial charge in [-0.05, 0) is 74.2 Å². The standard InChI is InChI=1S/C18H20BrNS/c1-12(20-2)17-9-7-15(19)11-18(17)21-16-8-6-13-4-3-5-14(13)10-16/h6-12,20H,3-5H2,1-2H3. The molecule has 0 aromatic heterocycles. The van der Waals surface area contributed by atoms with Crippen molar-refractivity contribution in [1.82, 2.24) is 5.32 Å². The summed E-state index contributed by atoms with van der Waals surface area (Å²) in [5, 5.41) is 3.34. The largest absolute Gasteiger partial charge is 0.313 e. The lowest BCUT2D eigenvalue weighted by atomic mass is 10.1. The van der Waals surface area contributed by atoms with Crippen LogP contribution >= 0.6 is 27.7 Å². The molecule has 3 rings (SSSR count). The second-order valence-corrected chi connectivity index (χ2v) is 7.61. The van der Waals surface area contributed by atoms with E-state index in [1.807, 2.05) is 18.8 Å². The van der Waals surface area contributed by atoms with Crippen LogP contribution in [-0.4, -0.2) is 7.05 Å². The normalized spacial score (nSPS) is 15.0. The summed E-state index contributed by atoms with van der Waals surface area (Å²) >= 11 is 5.46. The van der Waals surface area contributed by atoms with Gasteiger partial charge in [-0.25, -0.2) is 0 Å². The molecule has 0 fully saturated rings. The van der Waals surface area contributed by atoms with Crippen LogP contribution in [0.2, 0.25) is 0 Å². The number of fused-ring (bicyclic) bond motifs is 1. The third kappa shape index (κ3) is 3.36. The lowest BCUT2D eigenvalue weighted by Gasteiger charge is -2.16. The van der Waals surface area contributed by atoms with Gasteiger partial charge in [0.25, 0.3) is 0 Å². The Morgan fingerprint density at radius 1 is 1.10 bits per heavy atom. The minimum Gasteiger partial charge on any atom is -0.313 e. The molecule has 21 heavy (non-hydrogen) atoms. The first kappa shape index (κ1) is 15.1. The zero-order valence-corrected chi connectivity index (χ0v) is 14.9. The van der Waals surface area contributed by atoms with Crippen molar-refractivity contribution in [2.75, 3.05) is 7.05 Å². The highest BCUT2D eigenvalue weighted by Crippen LogP contribution is 2.37. The van der Waals surface area contributed by atoms with Crippen LogP contribution in [0.15, 0.2) is 50.7 Å². The summed E-state index contributed by atoms with van der Waals surface area (Å²) in [4.78, 5) is 2.67. The van der Waals surface area contributed by atoms with Gasteiger partial charge in [0.15, 0.2) is 0 Å². The van der Waals surface area contributed by atoms with Gasteiger partial charge in [0, 0.05) is 20.3 Å². The average molecular weight is 362 g/mol. The van der Waals surface area contributed by atoms with Crippen LogP contribution in [0.1, 0.15) is 36.1 Å². The van der Waals surface area contributed by atoms with Crippen molar-refractivity contribution < 1.29 is 0 Å². The molecule has 0 aliphatic heterocycles. The molecular formula is C18H20BrNS. The van der Waals surface area contributed by atoms with Gasteiger partial charge in [-0.15, -0.1) is 0 Å². The third-order valence-electron chi connectivity index (χ3n) is 4.17. The summed E-state index contributed by atoms with van der Waals surface area (Å²) in [5.74, 6) is 0. The second-order valence-electron chi connectivity index (χ2n) is 5.58. The molecule has 1 N–H and O–H groups in total. The van der Waals surface area contributed by atoms with Crippen LogP contribution < -0.4 is 5.32 Å². The van der Waals surface area contributed by atoms with E-state index in [2.05, 4.69) is 64.6 Å². The number of rotatable bonds is 4. The third-order valence-corrected chi connectivity index (χ3v) is 5.73. The van der Waals surface area contributed by atoms with Gasteiger partial charge in [0.1, 0.15) is 0 Å². The Hall–Kier alpha value is -0.770. The Morgan fingerprint density at radius 3 is 2.71 bits per heavy atom. The molecule has 1 unspecified atom stereocenters. The molecule has 2 aromatic carbocycles. The molecule has 0 radical (unpaired) electrons. The fraction of sp³-hybridized carbons (Fsp3) is 0.333. The van der Waals surface area contributed by atoms with Gasteiger partial charge in [0.2, 0.25) is 0 Å². The highest BCUT2D eigenvalue weighted by atomic mass is 79.9. The zero-order chi connectivity index (χ0) is 14.8. The molecule has 2 aromatic rings. The highest BCUT2D eigenvalue weighted by molar-refractivity contribution is 9.10. The van der Waals surface area contributed by atoms with Gasteiger partial charge in [-0.3, -0.25) is 0 Å². The smallest absolute Gasteiger partial charge is 0.0300 e. The maximum atomic E-state index is 3.60. The number of hydrogen-bond donors (Lipinski definition) is 1. The first-order chi connectivity index (χ1) is 10.2. The minimum atomic E-state index is 0.357. The molecule has 0 bridgehead atoms. The predicted octanol–water partition coefficient (Wildman–Crippen LogP) is 5.37. The lowest BCUT2D eigenvalue weighted by molar-refractivity contribution is 0.641. The molecule has 0 heterocycles. The molecular weight excluding hydrogens is 342 g/mol. The first-order valence-electron chi connectivity index (χ1n) is 7.44. The summed E-state index contributed by atoms with van der Waals surface area (Å²) < 4.78 is 1.14. The maximum Gasteiger partial charge on any atom is 0.0300 e. The fourth-order valence-electron chi connectivity index (χ4n) is 2.85. The molecule has 1 aliphatic rings. The number of benzene rings is 2.